The molecule has 0 spiro atoms. The Labute approximate surface area is 167 Å². The Morgan fingerprint density at radius 1 is 1.00 bits per heavy atom. The quantitative estimate of drug-likeness (QED) is 0.782. The van der Waals surface area contributed by atoms with Crippen molar-refractivity contribution in [2.24, 2.45) is 17.8 Å². The summed E-state index contributed by atoms with van der Waals surface area (Å²) in [7, 11) is 0. The highest BCUT2D eigenvalue weighted by Gasteiger charge is 2.51. The molecule has 4 bridgehead atoms. The van der Waals surface area contributed by atoms with Gasteiger partial charge in [0, 0.05) is 5.54 Å². The third-order valence-corrected chi connectivity index (χ3v) is 7.20. The minimum atomic E-state index is -0.289. The molecule has 4 aliphatic carbocycles. The van der Waals surface area contributed by atoms with Crippen LogP contribution in [-0.4, -0.2) is 17.5 Å². The second kappa shape index (κ2) is 7.07. The number of amides is 1. The fourth-order valence-electron chi connectivity index (χ4n) is 6.40. The van der Waals surface area contributed by atoms with Crippen molar-refractivity contribution in [3.8, 4) is 0 Å². The molecule has 0 unspecified atom stereocenters. The van der Waals surface area contributed by atoms with E-state index in [0.717, 1.165) is 29.1 Å². The Morgan fingerprint density at radius 2 is 1.64 bits per heavy atom. The van der Waals surface area contributed by atoms with Gasteiger partial charge in [0.15, 0.2) is 0 Å². The highest BCUT2D eigenvalue weighted by molar-refractivity contribution is 5.82. The van der Waals surface area contributed by atoms with E-state index < -0.39 is 0 Å². The first-order valence-electron chi connectivity index (χ1n) is 10.8. The van der Waals surface area contributed by atoms with Gasteiger partial charge < -0.3 is 9.73 Å². The van der Waals surface area contributed by atoms with E-state index in [9.17, 15) is 4.79 Å². The topological polar surface area (TPSA) is 54.3 Å². The first-order valence-corrected chi connectivity index (χ1v) is 10.8. The molecule has 2 atom stereocenters. The van der Waals surface area contributed by atoms with Gasteiger partial charge in [-0.25, -0.2) is 0 Å². The van der Waals surface area contributed by atoms with E-state index in [1.807, 2.05) is 37.3 Å². The summed E-state index contributed by atoms with van der Waals surface area (Å²) in [5, 5.41) is 7.01. The summed E-state index contributed by atoms with van der Waals surface area (Å²) in [5.41, 5.74) is 1.15. The second-order valence-electron chi connectivity index (χ2n) is 9.43. The van der Waals surface area contributed by atoms with Gasteiger partial charge in [-0.05, 0) is 80.9 Å². The van der Waals surface area contributed by atoms with Crippen LogP contribution in [0.3, 0.4) is 0 Å². The van der Waals surface area contributed by atoms with Gasteiger partial charge in [-0.3, -0.25) is 10.1 Å². The van der Waals surface area contributed by atoms with Crippen molar-refractivity contribution >= 4 is 5.91 Å². The molecule has 2 aromatic rings. The SMILES string of the molecule is C[C@H](N[C@@H](c1ccccc1)c1ccco1)C(=O)NC12CC3CC(CC(C3)C1)C2. The Balaban J connectivity index is 1.30. The van der Waals surface area contributed by atoms with Crippen LogP contribution >= 0.6 is 0 Å². The molecule has 2 N–H and O–H groups in total. The van der Waals surface area contributed by atoms with Gasteiger partial charge >= 0.3 is 0 Å². The zero-order valence-electron chi connectivity index (χ0n) is 16.6. The number of hydrogen-bond acceptors (Lipinski definition) is 3. The largest absolute Gasteiger partial charge is 0.467 e. The molecule has 4 heteroatoms. The predicted molar refractivity (Wildman–Crippen MR) is 109 cm³/mol. The molecule has 28 heavy (non-hydrogen) atoms. The Bertz CT molecular complexity index is 779. The molecular formula is C24H30N2O2. The second-order valence-corrected chi connectivity index (χ2v) is 9.43. The van der Waals surface area contributed by atoms with E-state index in [-0.39, 0.29) is 23.5 Å². The average Bonchev–Trinajstić information content (AvgIpc) is 3.19. The molecule has 6 rings (SSSR count). The average molecular weight is 379 g/mol. The van der Waals surface area contributed by atoms with Gasteiger partial charge in [0.1, 0.15) is 5.76 Å². The van der Waals surface area contributed by atoms with Crippen molar-refractivity contribution in [1.82, 2.24) is 10.6 Å². The Kier molecular flexibility index (Phi) is 4.54. The van der Waals surface area contributed by atoms with Crippen LogP contribution in [0.4, 0.5) is 0 Å². The Morgan fingerprint density at radius 3 is 2.21 bits per heavy atom. The van der Waals surface area contributed by atoms with Crippen LogP contribution in [0.1, 0.15) is 62.8 Å². The van der Waals surface area contributed by atoms with Crippen LogP contribution in [0.25, 0.3) is 0 Å². The van der Waals surface area contributed by atoms with Crippen molar-refractivity contribution in [2.45, 2.75) is 63.1 Å². The number of furan rings is 1. The Hall–Kier alpha value is -2.07. The van der Waals surface area contributed by atoms with Gasteiger partial charge in [-0.1, -0.05) is 30.3 Å². The summed E-state index contributed by atoms with van der Waals surface area (Å²) in [6.07, 6.45) is 9.38. The smallest absolute Gasteiger partial charge is 0.237 e. The molecule has 1 amide bonds. The molecule has 148 valence electrons. The molecule has 0 aliphatic heterocycles. The van der Waals surface area contributed by atoms with E-state index in [0.29, 0.717) is 0 Å². The molecular weight excluding hydrogens is 348 g/mol. The molecule has 0 radical (unpaired) electrons. The number of carbonyl (C=O) groups is 1. The summed E-state index contributed by atoms with van der Waals surface area (Å²) in [6, 6.07) is 13.6. The van der Waals surface area contributed by atoms with Crippen molar-refractivity contribution in [2.75, 3.05) is 0 Å². The van der Waals surface area contributed by atoms with Gasteiger partial charge in [0.2, 0.25) is 5.91 Å². The van der Waals surface area contributed by atoms with E-state index in [1.165, 1.54) is 38.5 Å². The maximum atomic E-state index is 13.2. The minimum Gasteiger partial charge on any atom is -0.467 e. The van der Waals surface area contributed by atoms with E-state index >= 15 is 0 Å². The van der Waals surface area contributed by atoms with Gasteiger partial charge in [0.05, 0.1) is 18.3 Å². The summed E-state index contributed by atoms with van der Waals surface area (Å²) in [6.45, 7) is 1.97. The van der Waals surface area contributed by atoms with Crippen LogP contribution in [0, 0.1) is 17.8 Å². The molecule has 1 heterocycles. The molecule has 4 saturated carbocycles. The molecule has 1 aromatic carbocycles. The van der Waals surface area contributed by atoms with Crippen LogP contribution in [0.2, 0.25) is 0 Å². The number of nitrogens with one attached hydrogen (secondary N) is 2. The molecule has 0 saturated heterocycles. The van der Waals surface area contributed by atoms with Crippen molar-refractivity contribution < 1.29 is 9.21 Å². The lowest BCUT2D eigenvalue weighted by Crippen LogP contribution is -2.62. The lowest BCUT2D eigenvalue weighted by molar-refractivity contribution is -0.128. The van der Waals surface area contributed by atoms with E-state index in [2.05, 4.69) is 22.8 Å². The fourth-order valence-corrected chi connectivity index (χ4v) is 6.40. The van der Waals surface area contributed by atoms with Gasteiger partial charge in [0.25, 0.3) is 0 Å². The van der Waals surface area contributed by atoms with Crippen molar-refractivity contribution in [3.05, 3.63) is 60.1 Å². The number of rotatable bonds is 6. The highest BCUT2D eigenvalue weighted by atomic mass is 16.3. The van der Waals surface area contributed by atoms with Crippen LogP contribution in [-0.2, 0) is 4.79 Å². The van der Waals surface area contributed by atoms with E-state index in [1.54, 1.807) is 6.26 Å². The first kappa shape index (κ1) is 18.0. The summed E-state index contributed by atoms with van der Waals surface area (Å²) in [4.78, 5) is 13.2. The minimum absolute atomic E-state index is 0.0503. The third kappa shape index (κ3) is 3.39. The number of hydrogen-bond donors (Lipinski definition) is 2. The van der Waals surface area contributed by atoms with Gasteiger partial charge in [-0.2, -0.15) is 0 Å². The highest BCUT2D eigenvalue weighted by Crippen LogP contribution is 2.55. The fraction of sp³-hybridized carbons (Fsp3) is 0.542. The van der Waals surface area contributed by atoms with Crippen molar-refractivity contribution in [1.29, 1.82) is 0 Å². The maximum Gasteiger partial charge on any atom is 0.237 e. The van der Waals surface area contributed by atoms with Crippen LogP contribution in [0.5, 0.6) is 0 Å². The normalized spacial score (nSPS) is 32.8. The summed E-state index contributed by atoms with van der Waals surface area (Å²) < 4.78 is 5.67. The number of benzene rings is 1. The van der Waals surface area contributed by atoms with Gasteiger partial charge in [-0.15, -0.1) is 0 Å². The zero-order chi connectivity index (χ0) is 19.1. The standard InChI is InChI=1S/C24H30N2O2/c1-16(25-22(21-8-5-9-28-21)20-6-3-2-4-7-20)23(27)26-24-13-17-10-18(14-24)12-19(11-17)15-24/h2-9,16-19,22,25H,10-15H2,1H3,(H,26,27)/t16-,17?,18?,19?,22-,24?/m0/s1. The third-order valence-electron chi connectivity index (χ3n) is 7.20. The first-order chi connectivity index (χ1) is 13.6. The molecule has 4 aliphatic rings. The van der Waals surface area contributed by atoms with E-state index in [4.69, 9.17) is 4.42 Å². The van der Waals surface area contributed by atoms with Crippen LogP contribution in [0.15, 0.2) is 53.1 Å². The zero-order valence-corrected chi connectivity index (χ0v) is 16.6. The van der Waals surface area contributed by atoms with Crippen LogP contribution < -0.4 is 10.6 Å². The molecule has 4 nitrogen and oxygen atoms in total. The predicted octanol–water partition coefficient (Wildman–Crippen LogP) is 4.43. The number of carbonyl (C=O) groups excluding carboxylic acids is 1. The molecule has 4 fully saturated rings. The molecule has 1 aromatic heterocycles. The van der Waals surface area contributed by atoms with Crippen molar-refractivity contribution in [3.63, 3.8) is 0 Å². The maximum absolute atomic E-state index is 13.2. The summed E-state index contributed by atoms with van der Waals surface area (Å²) in [5.74, 6) is 3.44. The lowest BCUT2D eigenvalue weighted by atomic mass is 9.53. The monoisotopic (exact) mass is 378 g/mol. The summed E-state index contributed by atoms with van der Waals surface area (Å²) >= 11 is 0. The lowest BCUT2D eigenvalue weighted by Gasteiger charge is -2.57.